The van der Waals surface area contributed by atoms with Crippen LogP contribution in [0.2, 0.25) is 0 Å². The van der Waals surface area contributed by atoms with E-state index in [-0.39, 0.29) is 11.5 Å². The summed E-state index contributed by atoms with van der Waals surface area (Å²) in [4.78, 5) is 22.5. The molecule has 0 bridgehead atoms. The first-order valence-corrected chi connectivity index (χ1v) is 12.0. The highest BCUT2D eigenvalue weighted by Crippen LogP contribution is 2.32. The molecule has 3 aromatic rings. The number of anilines is 1. The average Bonchev–Trinajstić information content (AvgIpc) is 3.23. The van der Waals surface area contributed by atoms with E-state index in [1.54, 1.807) is 45.7 Å². The Morgan fingerprint density at radius 3 is 2.80 bits per heavy atom. The Morgan fingerprint density at radius 1 is 1.29 bits per heavy atom. The van der Waals surface area contributed by atoms with E-state index < -0.39 is 0 Å². The van der Waals surface area contributed by atoms with Crippen LogP contribution >= 0.6 is 23.0 Å². The SMILES string of the molecule is CN(CCn1nc(-c2ccc(OC3(C)C=CC=CC3)cc2)c2c(N)ncnc21)C(=O)/C=C/COI. The van der Waals surface area contributed by atoms with Crippen molar-refractivity contribution in [3.63, 3.8) is 0 Å². The molecule has 2 aromatic heterocycles. The number of hydrogen-bond acceptors (Lipinski definition) is 7. The highest BCUT2D eigenvalue weighted by atomic mass is 127. The summed E-state index contributed by atoms with van der Waals surface area (Å²) in [5.41, 5.74) is 8.03. The quantitative estimate of drug-likeness (QED) is 0.297. The molecule has 10 heteroatoms. The van der Waals surface area contributed by atoms with Gasteiger partial charge in [0.05, 0.1) is 18.5 Å². The van der Waals surface area contributed by atoms with Crippen molar-refractivity contribution in [2.45, 2.75) is 25.5 Å². The smallest absolute Gasteiger partial charge is 0.246 e. The predicted octanol–water partition coefficient (Wildman–Crippen LogP) is 4.11. The van der Waals surface area contributed by atoms with Gasteiger partial charge in [-0.2, -0.15) is 5.10 Å². The van der Waals surface area contributed by atoms with E-state index in [9.17, 15) is 4.79 Å². The van der Waals surface area contributed by atoms with Gasteiger partial charge in [0.15, 0.2) is 5.65 Å². The van der Waals surface area contributed by atoms with E-state index in [0.717, 1.165) is 17.7 Å². The van der Waals surface area contributed by atoms with E-state index in [4.69, 9.17) is 18.6 Å². The number of rotatable bonds is 9. The first-order chi connectivity index (χ1) is 16.9. The maximum Gasteiger partial charge on any atom is 0.246 e. The molecule has 1 unspecified atom stereocenters. The zero-order chi connectivity index (χ0) is 24.8. The Balaban J connectivity index is 1.55. The molecule has 9 nitrogen and oxygen atoms in total. The number of ether oxygens (including phenoxy) is 1. The summed E-state index contributed by atoms with van der Waals surface area (Å²) in [5, 5.41) is 5.46. The number of hydrogen-bond donors (Lipinski definition) is 1. The molecule has 182 valence electrons. The molecule has 1 aliphatic rings. The minimum Gasteiger partial charge on any atom is -0.483 e. The third kappa shape index (κ3) is 5.88. The van der Waals surface area contributed by atoms with E-state index in [1.165, 1.54) is 12.4 Å². The molecule has 0 saturated heterocycles. The second-order valence-corrected chi connectivity index (χ2v) is 9.02. The van der Waals surface area contributed by atoms with Crippen LogP contribution in [0.25, 0.3) is 22.3 Å². The Labute approximate surface area is 218 Å². The second kappa shape index (κ2) is 11.0. The molecule has 0 spiro atoms. The largest absolute Gasteiger partial charge is 0.483 e. The van der Waals surface area contributed by atoms with E-state index in [0.29, 0.717) is 42.2 Å². The molecule has 1 amide bonds. The van der Waals surface area contributed by atoms with Crippen LogP contribution in [-0.2, 0) is 14.4 Å². The average molecular weight is 586 g/mol. The Morgan fingerprint density at radius 2 is 2.09 bits per heavy atom. The van der Waals surface area contributed by atoms with Crippen LogP contribution in [0.4, 0.5) is 5.82 Å². The van der Waals surface area contributed by atoms with Crippen molar-refractivity contribution in [2.24, 2.45) is 0 Å². The molecule has 2 heterocycles. The summed E-state index contributed by atoms with van der Waals surface area (Å²) in [6, 6.07) is 7.76. The molecule has 0 aliphatic heterocycles. The van der Waals surface area contributed by atoms with Crippen molar-refractivity contribution in [2.75, 3.05) is 25.9 Å². The van der Waals surface area contributed by atoms with Crippen LogP contribution in [0.3, 0.4) is 0 Å². The van der Waals surface area contributed by atoms with Gasteiger partial charge in [0.1, 0.15) is 52.2 Å². The van der Waals surface area contributed by atoms with Gasteiger partial charge in [-0.25, -0.2) is 14.6 Å². The number of nitrogen functional groups attached to an aromatic ring is 1. The molecule has 0 saturated carbocycles. The van der Waals surface area contributed by atoms with Crippen molar-refractivity contribution >= 4 is 45.8 Å². The summed E-state index contributed by atoms with van der Waals surface area (Å²) in [6.45, 7) is 3.33. The van der Waals surface area contributed by atoms with Crippen LogP contribution in [0.1, 0.15) is 13.3 Å². The van der Waals surface area contributed by atoms with Gasteiger partial charge in [-0.15, -0.1) is 0 Å². The molecular formula is C25H27IN6O3. The highest BCUT2D eigenvalue weighted by Gasteiger charge is 2.23. The van der Waals surface area contributed by atoms with Gasteiger partial charge in [-0.3, -0.25) is 4.79 Å². The number of likely N-dealkylation sites (N-methyl/N-ethyl adjacent to an activating group) is 1. The van der Waals surface area contributed by atoms with Crippen molar-refractivity contribution < 1.29 is 12.6 Å². The second-order valence-electron chi connectivity index (χ2n) is 8.40. The number of amides is 1. The summed E-state index contributed by atoms with van der Waals surface area (Å²) < 4.78 is 12.9. The molecule has 35 heavy (non-hydrogen) atoms. The van der Waals surface area contributed by atoms with Crippen molar-refractivity contribution in [1.29, 1.82) is 0 Å². The van der Waals surface area contributed by atoms with Gasteiger partial charge in [-0.1, -0.05) is 24.3 Å². The Kier molecular flexibility index (Phi) is 7.81. The van der Waals surface area contributed by atoms with E-state index in [1.807, 2.05) is 36.4 Å². The fraction of sp³-hybridized carbons (Fsp3) is 0.280. The minimum atomic E-state index is -0.370. The first kappa shape index (κ1) is 24.9. The van der Waals surface area contributed by atoms with E-state index in [2.05, 4.69) is 29.0 Å². The fourth-order valence-electron chi connectivity index (χ4n) is 3.79. The number of allylic oxidation sites excluding steroid dienone is 2. The molecule has 1 atom stereocenters. The summed E-state index contributed by atoms with van der Waals surface area (Å²) >= 11 is 1.79. The lowest BCUT2D eigenvalue weighted by Crippen LogP contribution is -2.29. The lowest BCUT2D eigenvalue weighted by atomic mass is 9.97. The van der Waals surface area contributed by atoms with Crippen LogP contribution in [0.15, 0.2) is 67.0 Å². The van der Waals surface area contributed by atoms with Crippen molar-refractivity contribution in [3.05, 3.63) is 67.0 Å². The van der Waals surface area contributed by atoms with Gasteiger partial charge in [0.25, 0.3) is 0 Å². The molecule has 1 aliphatic carbocycles. The van der Waals surface area contributed by atoms with Crippen molar-refractivity contribution in [1.82, 2.24) is 24.6 Å². The van der Waals surface area contributed by atoms with Crippen LogP contribution in [-0.4, -0.2) is 56.4 Å². The van der Waals surface area contributed by atoms with Gasteiger partial charge in [-0.05, 0) is 37.3 Å². The number of carbonyl (C=O) groups is 1. The maximum absolute atomic E-state index is 12.3. The topological polar surface area (TPSA) is 108 Å². The molecule has 0 radical (unpaired) electrons. The van der Waals surface area contributed by atoms with Gasteiger partial charge >= 0.3 is 0 Å². The lowest BCUT2D eigenvalue weighted by molar-refractivity contribution is -0.124. The molecule has 1 aromatic carbocycles. The number of nitrogens with two attached hydrogens (primary N) is 1. The third-order valence-electron chi connectivity index (χ3n) is 5.70. The standard InChI is InChI=1S/C25H27IN6O3/c1-25(12-4-3-5-13-25)35-19-10-8-18(9-11-19)22-21-23(27)28-17-29-24(21)32(30-22)15-14-31(2)20(33)7-6-16-34-26/h3-12,17H,13-16H2,1-2H3,(H2,27,28,29)/b7-6+. The van der Waals surface area contributed by atoms with Gasteiger partial charge in [0.2, 0.25) is 5.91 Å². The summed E-state index contributed by atoms with van der Waals surface area (Å²) in [5.74, 6) is 1.01. The predicted molar refractivity (Wildman–Crippen MR) is 144 cm³/mol. The number of nitrogens with zero attached hydrogens (tertiary/aromatic N) is 5. The molecule has 2 N–H and O–H groups in total. The van der Waals surface area contributed by atoms with Gasteiger partial charge in [0, 0.05) is 31.7 Å². The normalized spacial score (nSPS) is 17.3. The van der Waals surface area contributed by atoms with Crippen LogP contribution in [0, 0.1) is 0 Å². The summed E-state index contributed by atoms with van der Waals surface area (Å²) in [6.07, 6.45) is 13.6. The highest BCUT2D eigenvalue weighted by molar-refractivity contribution is 14.1. The molecule has 4 rings (SSSR count). The van der Waals surface area contributed by atoms with E-state index >= 15 is 0 Å². The summed E-state index contributed by atoms with van der Waals surface area (Å²) in [7, 11) is 1.74. The Hall–Kier alpha value is -3.25. The fourth-order valence-corrected chi connectivity index (χ4v) is 4.00. The van der Waals surface area contributed by atoms with Crippen LogP contribution < -0.4 is 10.5 Å². The Bertz CT molecular complexity index is 1280. The number of benzene rings is 1. The molecule has 0 fully saturated rings. The molecular weight excluding hydrogens is 559 g/mol. The van der Waals surface area contributed by atoms with Gasteiger partial charge < -0.3 is 18.4 Å². The third-order valence-corrected chi connectivity index (χ3v) is 6.06. The monoisotopic (exact) mass is 586 g/mol. The lowest BCUT2D eigenvalue weighted by Gasteiger charge is -2.28. The van der Waals surface area contributed by atoms with Crippen molar-refractivity contribution in [3.8, 4) is 17.0 Å². The number of halogens is 1. The number of carbonyl (C=O) groups excluding carboxylic acids is 1. The number of aromatic nitrogens is 4. The minimum absolute atomic E-state index is 0.114. The number of fused-ring (bicyclic) bond motifs is 1. The van der Waals surface area contributed by atoms with Crippen LogP contribution in [0.5, 0.6) is 5.75 Å². The first-order valence-electron chi connectivity index (χ1n) is 11.2. The zero-order valence-corrected chi connectivity index (χ0v) is 21.8. The zero-order valence-electron chi connectivity index (χ0n) is 19.6. The maximum atomic E-state index is 12.3.